The molecule has 0 aliphatic carbocycles. The fourth-order valence-electron chi connectivity index (χ4n) is 1.50. The van der Waals surface area contributed by atoms with E-state index in [-0.39, 0.29) is 0 Å². The van der Waals surface area contributed by atoms with E-state index in [4.69, 9.17) is 4.74 Å². The predicted molar refractivity (Wildman–Crippen MR) is 60.8 cm³/mol. The van der Waals surface area contributed by atoms with E-state index in [1.807, 2.05) is 10.9 Å². The molecule has 1 aromatic rings. The Labute approximate surface area is 91.6 Å². The zero-order valence-electron chi connectivity index (χ0n) is 9.92. The van der Waals surface area contributed by atoms with Crippen LogP contribution >= 0.6 is 0 Å². The van der Waals surface area contributed by atoms with E-state index in [1.165, 1.54) is 11.3 Å². The molecule has 1 rings (SSSR count). The third-order valence-corrected chi connectivity index (χ3v) is 2.49. The third kappa shape index (κ3) is 3.64. The van der Waals surface area contributed by atoms with E-state index in [0.29, 0.717) is 0 Å². The second-order valence-electron chi connectivity index (χ2n) is 3.61. The van der Waals surface area contributed by atoms with Gasteiger partial charge in [0.15, 0.2) is 0 Å². The van der Waals surface area contributed by atoms with Crippen LogP contribution in [-0.4, -0.2) is 30.0 Å². The summed E-state index contributed by atoms with van der Waals surface area (Å²) in [6, 6.07) is 0. The van der Waals surface area contributed by atoms with Crippen molar-refractivity contribution in [2.45, 2.75) is 33.4 Å². The molecule has 0 saturated heterocycles. The van der Waals surface area contributed by atoms with Crippen LogP contribution in [0.3, 0.4) is 0 Å². The van der Waals surface area contributed by atoms with Gasteiger partial charge in [0.05, 0.1) is 6.20 Å². The minimum absolute atomic E-state index is 0.793. The largest absolute Gasteiger partial charge is 0.385 e. The summed E-state index contributed by atoms with van der Waals surface area (Å²) >= 11 is 0. The Morgan fingerprint density at radius 1 is 1.53 bits per heavy atom. The highest BCUT2D eigenvalue weighted by atomic mass is 16.5. The molecule has 0 radical (unpaired) electrons. The van der Waals surface area contributed by atoms with Crippen molar-refractivity contribution in [2.75, 3.05) is 20.3 Å². The van der Waals surface area contributed by atoms with E-state index in [1.54, 1.807) is 7.11 Å². The maximum absolute atomic E-state index is 5.02. The van der Waals surface area contributed by atoms with Crippen molar-refractivity contribution < 1.29 is 4.74 Å². The Hall–Kier alpha value is -0.870. The molecule has 4 heteroatoms. The summed E-state index contributed by atoms with van der Waals surface area (Å²) in [5.74, 6) is 0. The molecule has 0 aliphatic rings. The smallest absolute Gasteiger partial charge is 0.0537 e. The number of methoxy groups -OCH3 is 1. The first-order valence-electron chi connectivity index (χ1n) is 5.50. The first kappa shape index (κ1) is 12.2. The highest BCUT2D eigenvalue weighted by molar-refractivity contribution is 5.15. The lowest BCUT2D eigenvalue weighted by Crippen LogP contribution is -2.12. The summed E-state index contributed by atoms with van der Waals surface area (Å²) < 4.78 is 7.07. The molecule has 0 amide bonds. The summed E-state index contributed by atoms with van der Waals surface area (Å²) in [6.45, 7) is 7.86. The Balaban J connectivity index is 2.47. The number of aryl methyl sites for hydroxylation is 1. The molecule has 86 valence electrons. The van der Waals surface area contributed by atoms with Crippen molar-refractivity contribution >= 4 is 0 Å². The summed E-state index contributed by atoms with van der Waals surface area (Å²) in [4.78, 5) is 0. The first-order valence-corrected chi connectivity index (χ1v) is 5.50. The first-order chi connectivity index (χ1) is 7.29. The fraction of sp³-hybridized carbons (Fsp3) is 0.727. The van der Waals surface area contributed by atoms with Crippen molar-refractivity contribution in [1.29, 1.82) is 0 Å². The van der Waals surface area contributed by atoms with Crippen molar-refractivity contribution in [2.24, 2.45) is 0 Å². The SMILES string of the molecule is CCNCc1cnn(CCCOC)c1C. The Morgan fingerprint density at radius 3 is 3.00 bits per heavy atom. The molecular formula is C11H21N3O. The maximum Gasteiger partial charge on any atom is 0.0537 e. The van der Waals surface area contributed by atoms with Gasteiger partial charge in [-0.1, -0.05) is 6.92 Å². The third-order valence-electron chi connectivity index (χ3n) is 2.49. The summed E-state index contributed by atoms with van der Waals surface area (Å²) in [5, 5.41) is 7.67. The van der Waals surface area contributed by atoms with Crippen LogP contribution in [0.4, 0.5) is 0 Å². The molecule has 15 heavy (non-hydrogen) atoms. The molecule has 4 nitrogen and oxygen atoms in total. The fourth-order valence-corrected chi connectivity index (χ4v) is 1.50. The number of nitrogens with one attached hydrogen (secondary N) is 1. The van der Waals surface area contributed by atoms with Crippen molar-refractivity contribution in [3.05, 3.63) is 17.5 Å². The van der Waals surface area contributed by atoms with E-state index in [9.17, 15) is 0 Å². The number of aromatic nitrogens is 2. The normalized spacial score (nSPS) is 10.9. The van der Waals surface area contributed by atoms with Gasteiger partial charge in [-0.05, 0) is 19.9 Å². The van der Waals surface area contributed by atoms with Crippen molar-refractivity contribution in [3.8, 4) is 0 Å². The van der Waals surface area contributed by atoms with Crippen LogP contribution in [0.15, 0.2) is 6.20 Å². The standard InChI is InChI=1S/C11H21N3O/c1-4-12-8-11-9-13-14(10(11)2)6-5-7-15-3/h9,12H,4-8H2,1-3H3. The van der Waals surface area contributed by atoms with E-state index in [2.05, 4.69) is 24.3 Å². The van der Waals surface area contributed by atoms with Gasteiger partial charge in [-0.25, -0.2) is 0 Å². The Kier molecular flexibility index (Phi) is 5.36. The van der Waals surface area contributed by atoms with Crippen molar-refractivity contribution in [1.82, 2.24) is 15.1 Å². The number of nitrogens with zero attached hydrogens (tertiary/aromatic N) is 2. The second-order valence-corrected chi connectivity index (χ2v) is 3.61. The topological polar surface area (TPSA) is 39.1 Å². The molecule has 0 saturated carbocycles. The average molecular weight is 211 g/mol. The van der Waals surface area contributed by atoms with Crippen LogP contribution in [-0.2, 0) is 17.8 Å². The molecule has 0 aliphatic heterocycles. The monoisotopic (exact) mass is 211 g/mol. The lowest BCUT2D eigenvalue weighted by Gasteiger charge is -2.05. The van der Waals surface area contributed by atoms with Crippen LogP contribution in [0.5, 0.6) is 0 Å². The zero-order valence-corrected chi connectivity index (χ0v) is 9.92. The van der Waals surface area contributed by atoms with Gasteiger partial charge >= 0.3 is 0 Å². The van der Waals surface area contributed by atoms with Gasteiger partial charge in [-0.15, -0.1) is 0 Å². The van der Waals surface area contributed by atoms with E-state index in [0.717, 1.165) is 32.7 Å². The number of ether oxygens (including phenoxy) is 1. The molecule has 1 heterocycles. The molecule has 0 fully saturated rings. The van der Waals surface area contributed by atoms with E-state index >= 15 is 0 Å². The summed E-state index contributed by atoms with van der Waals surface area (Å²) in [5.41, 5.74) is 2.54. The minimum atomic E-state index is 0.793. The molecule has 0 atom stereocenters. The van der Waals surface area contributed by atoms with Gasteiger partial charge in [0.1, 0.15) is 0 Å². The van der Waals surface area contributed by atoms with Crippen LogP contribution in [0.2, 0.25) is 0 Å². The van der Waals surface area contributed by atoms with Gasteiger partial charge in [0.2, 0.25) is 0 Å². The van der Waals surface area contributed by atoms with Gasteiger partial charge in [0.25, 0.3) is 0 Å². The zero-order chi connectivity index (χ0) is 11.1. The van der Waals surface area contributed by atoms with Gasteiger partial charge in [0, 0.05) is 38.1 Å². The predicted octanol–water partition coefficient (Wildman–Crippen LogP) is 1.34. The van der Waals surface area contributed by atoms with Gasteiger partial charge in [-0.3, -0.25) is 4.68 Å². The quantitative estimate of drug-likeness (QED) is 0.692. The van der Waals surface area contributed by atoms with Crippen LogP contribution < -0.4 is 5.32 Å². The molecule has 0 bridgehead atoms. The highest BCUT2D eigenvalue weighted by Gasteiger charge is 2.04. The van der Waals surface area contributed by atoms with Crippen LogP contribution in [0.1, 0.15) is 24.6 Å². The molecule has 0 aromatic carbocycles. The molecule has 0 unspecified atom stereocenters. The van der Waals surface area contributed by atoms with Crippen LogP contribution in [0.25, 0.3) is 0 Å². The highest BCUT2D eigenvalue weighted by Crippen LogP contribution is 2.07. The Bertz CT molecular complexity index is 283. The second kappa shape index (κ2) is 6.58. The molecule has 1 N–H and O–H groups in total. The van der Waals surface area contributed by atoms with Gasteiger partial charge < -0.3 is 10.1 Å². The minimum Gasteiger partial charge on any atom is -0.385 e. The van der Waals surface area contributed by atoms with Crippen molar-refractivity contribution in [3.63, 3.8) is 0 Å². The lowest BCUT2D eigenvalue weighted by molar-refractivity contribution is 0.188. The number of hydrogen-bond donors (Lipinski definition) is 1. The number of rotatable bonds is 7. The molecule has 1 aromatic heterocycles. The average Bonchev–Trinajstić information content (AvgIpc) is 2.58. The molecule has 0 spiro atoms. The van der Waals surface area contributed by atoms with Crippen LogP contribution in [0, 0.1) is 6.92 Å². The van der Waals surface area contributed by atoms with Gasteiger partial charge in [-0.2, -0.15) is 5.10 Å². The Morgan fingerprint density at radius 2 is 2.33 bits per heavy atom. The summed E-state index contributed by atoms with van der Waals surface area (Å²) in [7, 11) is 1.73. The van der Waals surface area contributed by atoms with E-state index < -0.39 is 0 Å². The summed E-state index contributed by atoms with van der Waals surface area (Å²) in [6.07, 6.45) is 2.96. The number of hydrogen-bond acceptors (Lipinski definition) is 3. The lowest BCUT2D eigenvalue weighted by atomic mass is 10.2. The maximum atomic E-state index is 5.02. The molecular weight excluding hydrogens is 190 g/mol.